The third-order valence-corrected chi connectivity index (χ3v) is 3.83. The molecule has 0 aromatic heterocycles. The van der Waals surface area contributed by atoms with E-state index < -0.39 is 0 Å². The summed E-state index contributed by atoms with van der Waals surface area (Å²) in [6, 6.07) is 12.4. The van der Waals surface area contributed by atoms with E-state index in [1.165, 1.54) is 12.1 Å². The second-order valence-corrected chi connectivity index (χ2v) is 5.70. The minimum absolute atomic E-state index is 0.239. The largest absolute Gasteiger partial charge is 0.489 e. The summed E-state index contributed by atoms with van der Waals surface area (Å²) < 4.78 is 19.9. The van der Waals surface area contributed by atoms with Crippen LogP contribution >= 0.6 is 15.9 Å². The van der Waals surface area contributed by atoms with Crippen molar-refractivity contribution in [2.75, 3.05) is 6.54 Å². The molecule has 0 unspecified atom stereocenters. The van der Waals surface area contributed by atoms with E-state index in [9.17, 15) is 4.39 Å². The van der Waals surface area contributed by atoms with Gasteiger partial charge in [-0.3, -0.25) is 0 Å². The lowest BCUT2D eigenvalue weighted by atomic mass is 10.2. The van der Waals surface area contributed by atoms with Crippen molar-refractivity contribution in [3.8, 4) is 5.75 Å². The van der Waals surface area contributed by atoms with Crippen LogP contribution in [0.1, 0.15) is 24.5 Å². The van der Waals surface area contributed by atoms with Gasteiger partial charge >= 0.3 is 0 Å². The fraction of sp³-hybridized carbons (Fsp3) is 0.294. The number of benzene rings is 2. The maximum Gasteiger partial charge on any atom is 0.123 e. The molecule has 2 aromatic rings. The normalized spacial score (nSPS) is 10.6. The van der Waals surface area contributed by atoms with Gasteiger partial charge in [-0.25, -0.2) is 4.39 Å². The molecule has 1 N–H and O–H groups in total. The van der Waals surface area contributed by atoms with Crippen LogP contribution in [0.2, 0.25) is 0 Å². The molecule has 2 rings (SSSR count). The van der Waals surface area contributed by atoms with Gasteiger partial charge in [0, 0.05) is 11.0 Å². The zero-order chi connectivity index (χ0) is 15.1. The molecule has 0 bridgehead atoms. The highest BCUT2D eigenvalue weighted by Crippen LogP contribution is 2.23. The van der Waals surface area contributed by atoms with E-state index in [0.29, 0.717) is 6.61 Å². The van der Waals surface area contributed by atoms with Crippen molar-refractivity contribution in [1.82, 2.24) is 5.32 Å². The summed E-state index contributed by atoms with van der Waals surface area (Å²) in [7, 11) is 0. The van der Waals surface area contributed by atoms with Crippen molar-refractivity contribution >= 4 is 15.9 Å². The second kappa shape index (κ2) is 8.15. The molecular weight excluding hydrogens is 333 g/mol. The van der Waals surface area contributed by atoms with Crippen molar-refractivity contribution in [1.29, 1.82) is 0 Å². The van der Waals surface area contributed by atoms with Crippen LogP contribution < -0.4 is 10.1 Å². The lowest BCUT2D eigenvalue weighted by Gasteiger charge is -2.10. The lowest BCUT2D eigenvalue weighted by molar-refractivity contribution is 0.305. The summed E-state index contributed by atoms with van der Waals surface area (Å²) in [5, 5.41) is 3.37. The quantitative estimate of drug-likeness (QED) is 0.732. The van der Waals surface area contributed by atoms with Crippen molar-refractivity contribution in [3.05, 3.63) is 63.9 Å². The Morgan fingerprint density at radius 1 is 1.19 bits per heavy atom. The van der Waals surface area contributed by atoms with E-state index >= 15 is 0 Å². The predicted molar refractivity (Wildman–Crippen MR) is 86.9 cm³/mol. The highest BCUT2D eigenvalue weighted by Gasteiger charge is 2.03. The molecule has 0 amide bonds. The topological polar surface area (TPSA) is 21.3 Å². The molecule has 0 atom stereocenters. The van der Waals surface area contributed by atoms with Gasteiger partial charge in [-0.15, -0.1) is 0 Å². The zero-order valence-electron chi connectivity index (χ0n) is 12.0. The van der Waals surface area contributed by atoms with Crippen LogP contribution in [0, 0.1) is 5.82 Å². The fourth-order valence-corrected chi connectivity index (χ4v) is 2.36. The molecule has 0 radical (unpaired) electrons. The van der Waals surface area contributed by atoms with E-state index in [1.807, 2.05) is 24.3 Å². The van der Waals surface area contributed by atoms with Gasteiger partial charge in [0.25, 0.3) is 0 Å². The van der Waals surface area contributed by atoms with Crippen molar-refractivity contribution in [2.24, 2.45) is 0 Å². The molecule has 0 aliphatic carbocycles. The van der Waals surface area contributed by atoms with Crippen LogP contribution in [0.15, 0.2) is 46.9 Å². The van der Waals surface area contributed by atoms with Crippen LogP contribution in [0.4, 0.5) is 4.39 Å². The maximum absolute atomic E-state index is 13.1. The molecule has 0 heterocycles. The molecule has 0 spiro atoms. The fourth-order valence-electron chi connectivity index (χ4n) is 1.97. The van der Waals surface area contributed by atoms with Crippen molar-refractivity contribution in [2.45, 2.75) is 26.5 Å². The first-order valence-electron chi connectivity index (χ1n) is 7.05. The van der Waals surface area contributed by atoms with E-state index in [-0.39, 0.29) is 5.82 Å². The molecule has 4 heteroatoms. The first kappa shape index (κ1) is 16.0. The number of nitrogens with one attached hydrogen (secondary N) is 1. The van der Waals surface area contributed by atoms with Gasteiger partial charge in [0.1, 0.15) is 18.2 Å². The Hall–Kier alpha value is -1.39. The van der Waals surface area contributed by atoms with E-state index in [1.54, 1.807) is 6.07 Å². The van der Waals surface area contributed by atoms with Gasteiger partial charge in [0.15, 0.2) is 0 Å². The van der Waals surface area contributed by atoms with Crippen molar-refractivity contribution in [3.63, 3.8) is 0 Å². The molecule has 2 nitrogen and oxygen atoms in total. The van der Waals surface area contributed by atoms with E-state index in [0.717, 1.165) is 40.9 Å². The Kier molecular flexibility index (Phi) is 6.21. The first-order chi connectivity index (χ1) is 10.2. The molecule has 21 heavy (non-hydrogen) atoms. The summed E-state index contributed by atoms with van der Waals surface area (Å²) in [5.74, 6) is 0.548. The third kappa shape index (κ3) is 5.14. The van der Waals surface area contributed by atoms with Crippen LogP contribution in [-0.4, -0.2) is 6.54 Å². The summed E-state index contributed by atoms with van der Waals surface area (Å²) in [6.07, 6.45) is 1.10. The monoisotopic (exact) mass is 351 g/mol. The van der Waals surface area contributed by atoms with Gasteiger partial charge in [-0.1, -0.05) is 35.0 Å². The van der Waals surface area contributed by atoms with Gasteiger partial charge < -0.3 is 10.1 Å². The third-order valence-electron chi connectivity index (χ3n) is 3.05. The Morgan fingerprint density at radius 3 is 2.81 bits per heavy atom. The van der Waals surface area contributed by atoms with E-state index in [4.69, 9.17) is 4.74 Å². The Balaban J connectivity index is 1.98. The highest BCUT2D eigenvalue weighted by atomic mass is 79.9. The number of hydrogen-bond donors (Lipinski definition) is 1. The summed E-state index contributed by atoms with van der Waals surface area (Å²) in [6.45, 7) is 4.29. The summed E-state index contributed by atoms with van der Waals surface area (Å²) in [4.78, 5) is 0. The average Bonchev–Trinajstić information content (AvgIpc) is 2.48. The maximum atomic E-state index is 13.1. The molecule has 2 aromatic carbocycles. The van der Waals surface area contributed by atoms with E-state index in [2.05, 4.69) is 28.2 Å². The summed E-state index contributed by atoms with van der Waals surface area (Å²) >= 11 is 3.54. The summed E-state index contributed by atoms with van der Waals surface area (Å²) in [5.41, 5.74) is 1.98. The number of halogens is 2. The lowest BCUT2D eigenvalue weighted by Crippen LogP contribution is -2.14. The predicted octanol–water partition coefficient (Wildman–Crippen LogP) is 4.67. The van der Waals surface area contributed by atoms with Gasteiger partial charge in [0.2, 0.25) is 0 Å². The van der Waals surface area contributed by atoms with Crippen LogP contribution in [0.5, 0.6) is 5.75 Å². The number of hydrogen-bond acceptors (Lipinski definition) is 2. The number of ether oxygens (including phenoxy) is 1. The SMILES string of the molecule is CCCNCc1cc(OCc2cccc(F)c2)ccc1Br. The van der Waals surface area contributed by atoms with Gasteiger partial charge in [0.05, 0.1) is 0 Å². The molecule has 0 saturated carbocycles. The molecule has 0 fully saturated rings. The minimum atomic E-state index is -0.239. The Bertz CT molecular complexity index is 589. The molecule has 0 aliphatic rings. The zero-order valence-corrected chi connectivity index (χ0v) is 13.6. The van der Waals surface area contributed by atoms with Gasteiger partial charge in [-0.05, 0) is 54.4 Å². The van der Waals surface area contributed by atoms with Crippen LogP contribution in [0.3, 0.4) is 0 Å². The van der Waals surface area contributed by atoms with Gasteiger partial charge in [-0.2, -0.15) is 0 Å². The standard InChI is InChI=1S/C17H19BrFNO/c1-2-8-20-11-14-10-16(6-7-17(14)18)21-12-13-4-3-5-15(19)9-13/h3-7,9-10,20H,2,8,11-12H2,1H3. The van der Waals surface area contributed by atoms with Crippen LogP contribution in [-0.2, 0) is 13.2 Å². The van der Waals surface area contributed by atoms with Crippen LogP contribution in [0.25, 0.3) is 0 Å². The highest BCUT2D eigenvalue weighted by molar-refractivity contribution is 9.10. The molecule has 0 aliphatic heterocycles. The second-order valence-electron chi connectivity index (χ2n) is 4.85. The average molecular weight is 352 g/mol. The minimum Gasteiger partial charge on any atom is -0.489 e. The Morgan fingerprint density at radius 2 is 2.05 bits per heavy atom. The van der Waals surface area contributed by atoms with Crippen molar-refractivity contribution < 1.29 is 9.13 Å². The Labute approximate surface area is 133 Å². The molecular formula is C17H19BrFNO. The molecule has 0 saturated heterocycles. The first-order valence-corrected chi connectivity index (χ1v) is 7.84. The molecule has 112 valence electrons. The number of rotatable bonds is 7. The smallest absolute Gasteiger partial charge is 0.123 e.